The number of amides is 1. The summed E-state index contributed by atoms with van der Waals surface area (Å²) in [4.78, 5) is 49.4. The first kappa shape index (κ1) is 19.5. The molecule has 3 rings (SSSR count). The van der Waals surface area contributed by atoms with Crippen LogP contribution >= 0.6 is 0 Å². The molecule has 2 aromatic heterocycles. The van der Waals surface area contributed by atoms with Crippen molar-refractivity contribution in [2.75, 3.05) is 0 Å². The Morgan fingerprint density at radius 2 is 1.82 bits per heavy atom. The Bertz CT molecular complexity index is 1120. The van der Waals surface area contributed by atoms with Crippen LogP contribution in [-0.4, -0.2) is 37.6 Å². The van der Waals surface area contributed by atoms with Gasteiger partial charge in [0, 0.05) is 17.3 Å². The lowest BCUT2D eigenvalue weighted by Gasteiger charge is -2.26. The number of hydrogen-bond acceptors (Lipinski definition) is 4. The van der Waals surface area contributed by atoms with Crippen LogP contribution in [0.1, 0.15) is 58.7 Å². The number of benzene rings is 1. The van der Waals surface area contributed by atoms with Crippen molar-refractivity contribution in [1.82, 2.24) is 19.9 Å². The monoisotopic (exact) mass is 380 g/mol. The molecule has 7 heteroatoms. The number of H-pyrrole nitrogens is 2. The molecule has 7 nitrogen and oxygen atoms in total. The van der Waals surface area contributed by atoms with E-state index in [4.69, 9.17) is 0 Å². The lowest BCUT2D eigenvalue weighted by atomic mass is 10.1. The number of nitrogens with one attached hydrogen (secondary N) is 2. The zero-order valence-corrected chi connectivity index (χ0v) is 16.7. The minimum atomic E-state index is -0.237. The van der Waals surface area contributed by atoms with Crippen LogP contribution in [0.15, 0.2) is 29.1 Å². The number of carbonyl (C=O) groups is 2. The fourth-order valence-electron chi connectivity index (χ4n) is 3.50. The Balaban J connectivity index is 1.99. The highest BCUT2D eigenvalue weighted by Crippen LogP contribution is 2.21. The molecule has 2 heterocycles. The zero-order chi connectivity index (χ0) is 20.6. The topological polar surface area (TPSA) is 98.9 Å². The molecule has 1 amide bonds. The molecule has 0 aliphatic rings. The van der Waals surface area contributed by atoms with E-state index in [2.05, 4.69) is 15.0 Å². The lowest BCUT2D eigenvalue weighted by molar-refractivity contribution is 0.0678. The van der Waals surface area contributed by atoms with Crippen LogP contribution in [0.3, 0.4) is 0 Å². The third-order valence-corrected chi connectivity index (χ3v) is 4.87. The van der Waals surface area contributed by atoms with Gasteiger partial charge in [-0.2, -0.15) is 0 Å². The van der Waals surface area contributed by atoms with Gasteiger partial charge in [0.1, 0.15) is 11.5 Å². The van der Waals surface area contributed by atoms with E-state index >= 15 is 0 Å². The standard InChI is InChI=1S/C21H24N4O3/c1-11(2)25(21(28)19-12(3)18(14(5)26)13(4)22-19)10-17-23-16-9-7-6-8-15(16)20(27)24-17/h6-9,11,22H,10H2,1-5H3,(H,23,24,27). The molecule has 0 atom stereocenters. The second-order valence-corrected chi connectivity index (χ2v) is 7.24. The molecule has 0 aliphatic heterocycles. The summed E-state index contributed by atoms with van der Waals surface area (Å²) in [7, 11) is 0. The van der Waals surface area contributed by atoms with Gasteiger partial charge < -0.3 is 14.9 Å². The van der Waals surface area contributed by atoms with E-state index < -0.39 is 0 Å². The van der Waals surface area contributed by atoms with Gasteiger partial charge in [-0.1, -0.05) is 12.1 Å². The number of carbonyl (C=O) groups excluding carboxylic acids is 2. The molecule has 0 spiro atoms. The molecular weight excluding hydrogens is 356 g/mol. The van der Waals surface area contributed by atoms with Crippen LogP contribution in [-0.2, 0) is 6.54 Å². The second kappa shape index (κ2) is 7.42. The maximum atomic E-state index is 13.2. The number of Topliss-reactive ketones (excluding diaryl/α,β-unsaturated/α-hetero) is 1. The average Bonchev–Trinajstić information content (AvgIpc) is 2.93. The Hall–Kier alpha value is -3.22. The van der Waals surface area contributed by atoms with Crippen molar-refractivity contribution in [3.63, 3.8) is 0 Å². The molecule has 0 bridgehead atoms. The first-order chi connectivity index (χ1) is 13.2. The van der Waals surface area contributed by atoms with Gasteiger partial charge in [-0.15, -0.1) is 0 Å². The van der Waals surface area contributed by atoms with Crippen molar-refractivity contribution in [2.24, 2.45) is 0 Å². The van der Waals surface area contributed by atoms with Crippen LogP contribution < -0.4 is 5.56 Å². The van der Waals surface area contributed by atoms with Gasteiger partial charge in [-0.25, -0.2) is 4.98 Å². The van der Waals surface area contributed by atoms with Crippen molar-refractivity contribution in [3.05, 3.63) is 63.0 Å². The summed E-state index contributed by atoms with van der Waals surface area (Å²) in [6, 6.07) is 6.95. The van der Waals surface area contributed by atoms with Crippen LogP contribution in [0.4, 0.5) is 0 Å². The quantitative estimate of drug-likeness (QED) is 0.664. The van der Waals surface area contributed by atoms with Crippen LogP contribution in [0.2, 0.25) is 0 Å². The summed E-state index contributed by atoms with van der Waals surface area (Å²) in [6.45, 7) is 8.98. The highest BCUT2D eigenvalue weighted by atomic mass is 16.2. The number of aromatic nitrogens is 3. The van der Waals surface area contributed by atoms with Crippen molar-refractivity contribution < 1.29 is 9.59 Å². The summed E-state index contributed by atoms with van der Waals surface area (Å²) < 4.78 is 0. The number of aryl methyl sites for hydroxylation is 1. The van der Waals surface area contributed by atoms with Crippen LogP contribution in [0.25, 0.3) is 10.9 Å². The highest BCUT2D eigenvalue weighted by molar-refractivity contribution is 6.02. The number of fused-ring (bicyclic) bond motifs is 1. The van der Waals surface area contributed by atoms with E-state index in [0.29, 0.717) is 39.2 Å². The molecule has 0 saturated carbocycles. The van der Waals surface area contributed by atoms with Gasteiger partial charge in [-0.05, 0) is 52.3 Å². The predicted octanol–water partition coefficient (Wildman–Crippen LogP) is 3.12. The summed E-state index contributed by atoms with van der Waals surface area (Å²) >= 11 is 0. The third kappa shape index (κ3) is 3.47. The molecular formula is C21H24N4O3. The fraction of sp³-hybridized carbons (Fsp3) is 0.333. The van der Waals surface area contributed by atoms with Crippen LogP contribution in [0.5, 0.6) is 0 Å². The molecule has 0 radical (unpaired) electrons. The van der Waals surface area contributed by atoms with Gasteiger partial charge in [0.25, 0.3) is 11.5 Å². The summed E-state index contributed by atoms with van der Waals surface area (Å²) in [5.41, 5.74) is 2.60. The van der Waals surface area contributed by atoms with E-state index in [9.17, 15) is 14.4 Å². The van der Waals surface area contributed by atoms with Crippen molar-refractivity contribution in [2.45, 2.75) is 47.2 Å². The van der Waals surface area contributed by atoms with Gasteiger partial charge in [-0.3, -0.25) is 14.4 Å². The summed E-state index contributed by atoms with van der Waals surface area (Å²) in [5, 5.41) is 0.510. The number of nitrogens with zero attached hydrogens (tertiary/aromatic N) is 2. The zero-order valence-electron chi connectivity index (χ0n) is 16.7. The number of rotatable bonds is 5. The molecule has 0 unspecified atom stereocenters. The number of hydrogen-bond donors (Lipinski definition) is 2. The molecule has 2 N–H and O–H groups in total. The Morgan fingerprint density at radius 3 is 2.43 bits per heavy atom. The molecule has 0 aliphatic carbocycles. The Morgan fingerprint density at radius 1 is 1.14 bits per heavy atom. The highest BCUT2D eigenvalue weighted by Gasteiger charge is 2.26. The van der Waals surface area contributed by atoms with Gasteiger partial charge >= 0.3 is 0 Å². The van der Waals surface area contributed by atoms with Crippen LogP contribution in [0, 0.1) is 13.8 Å². The van der Waals surface area contributed by atoms with E-state index in [1.165, 1.54) is 6.92 Å². The normalized spacial score (nSPS) is 11.2. The molecule has 0 saturated heterocycles. The molecule has 3 aromatic rings. The van der Waals surface area contributed by atoms with Gasteiger partial charge in [0.05, 0.1) is 17.4 Å². The maximum absolute atomic E-state index is 13.2. The molecule has 146 valence electrons. The van der Waals surface area contributed by atoms with E-state index in [-0.39, 0.29) is 29.8 Å². The SMILES string of the molecule is CC(=O)c1c(C)[nH]c(C(=O)N(Cc2nc3ccccc3c(=O)[nH]2)C(C)C)c1C. The summed E-state index contributed by atoms with van der Waals surface area (Å²) in [6.07, 6.45) is 0. The van der Waals surface area contributed by atoms with Gasteiger partial charge in [0.15, 0.2) is 5.78 Å². The molecule has 0 fully saturated rings. The van der Waals surface area contributed by atoms with Crippen molar-refractivity contribution in [3.8, 4) is 0 Å². The third-order valence-electron chi connectivity index (χ3n) is 4.87. The fourth-order valence-corrected chi connectivity index (χ4v) is 3.50. The largest absolute Gasteiger partial charge is 0.354 e. The van der Waals surface area contributed by atoms with Crippen molar-refractivity contribution in [1.29, 1.82) is 0 Å². The predicted molar refractivity (Wildman–Crippen MR) is 108 cm³/mol. The minimum Gasteiger partial charge on any atom is -0.354 e. The van der Waals surface area contributed by atoms with Crippen molar-refractivity contribution >= 4 is 22.6 Å². The van der Waals surface area contributed by atoms with Gasteiger partial charge in [0.2, 0.25) is 0 Å². The average molecular weight is 380 g/mol. The lowest BCUT2D eigenvalue weighted by Crippen LogP contribution is -2.38. The minimum absolute atomic E-state index is 0.0816. The smallest absolute Gasteiger partial charge is 0.271 e. The Labute approximate surface area is 162 Å². The maximum Gasteiger partial charge on any atom is 0.271 e. The number of para-hydroxylation sites is 1. The summed E-state index contributed by atoms with van der Waals surface area (Å²) in [5.74, 6) is 0.0966. The number of aromatic amines is 2. The first-order valence-electron chi connectivity index (χ1n) is 9.19. The first-order valence-corrected chi connectivity index (χ1v) is 9.19. The molecule has 28 heavy (non-hydrogen) atoms. The van der Waals surface area contributed by atoms with E-state index in [1.807, 2.05) is 19.9 Å². The second-order valence-electron chi connectivity index (χ2n) is 7.24. The number of ketones is 1. The molecule has 1 aromatic carbocycles. The van der Waals surface area contributed by atoms with E-state index in [0.717, 1.165) is 0 Å². The Kier molecular flexibility index (Phi) is 5.18. The van der Waals surface area contributed by atoms with E-state index in [1.54, 1.807) is 36.9 Å².